The number of benzene rings is 1. The number of anilines is 1. The number of hydrogen-bond donors (Lipinski definition) is 2. The third kappa shape index (κ3) is 2.73. The van der Waals surface area contributed by atoms with Gasteiger partial charge in [-0.3, -0.25) is 4.84 Å². The van der Waals surface area contributed by atoms with E-state index in [0.717, 1.165) is 16.6 Å². The maximum absolute atomic E-state index is 5.41. The van der Waals surface area contributed by atoms with Crippen LogP contribution in [0.3, 0.4) is 0 Å². The van der Waals surface area contributed by atoms with Crippen LogP contribution in [-0.2, 0) is 6.42 Å². The Labute approximate surface area is 101 Å². The van der Waals surface area contributed by atoms with Gasteiger partial charge in [0.1, 0.15) is 0 Å². The SMILES string of the molecule is ClNc1ncc(Cc2ccc(Br)cc2)[nH]1. The fourth-order valence-corrected chi connectivity index (χ4v) is 1.68. The van der Waals surface area contributed by atoms with Crippen molar-refractivity contribution in [1.29, 1.82) is 0 Å². The lowest BCUT2D eigenvalue weighted by molar-refractivity contribution is 1.11. The van der Waals surface area contributed by atoms with Gasteiger partial charge < -0.3 is 4.98 Å². The third-order valence-electron chi connectivity index (χ3n) is 2.03. The molecule has 2 N–H and O–H groups in total. The Bertz CT molecular complexity index is 438. The molecule has 2 rings (SSSR count). The summed E-state index contributed by atoms with van der Waals surface area (Å²) in [6.07, 6.45) is 2.59. The average molecular weight is 287 g/mol. The molecule has 0 aliphatic heterocycles. The number of halogens is 2. The molecule has 0 bridgehead atoms. The second-order valence-corrected chi connectivity index (χ2v) is 4.26. The number of nitrogens with one attached hydrogen (secondary N) is 2. The fraction of sp³-hybridized carbons (Fsp3) is 0.100. The number of aromatic amines is 1. The predicted octanol–water partition coefficient (Wildman–Crippen LogP) is 3.33. The summed E-state index contributed by atoms with van der Waals surface area (Å²) in [5.74, 6) is 0.573. The molecular weight excluding hydrogens is 277 g/mol. The molecule has 0 atom stereocenters. The van der Waals surface area contributed by atoms with Crippen LogP contribution in [0.5, 0.6) is 0 Å². The summed E-state index contributed by atoms with van der Waals surface area (Å²) in [5, 5.41) is 0. The van der Waals surface area contributed by atoms with Gasteiger partial charge >= 0.3 is 0 Å². The van der Waals surface area contributed by atoms with Crippen LogP contribution in [-0.4, -0.2) is 9.97 Å². The first-order valence-electron chi connectivity index (χ1n) is 4.43. The van der Waals surface area contributed by atoms with Gasteiger partial charge in [0.2, 0.25) is 5.95 Å². The molecule has 0 fully saturated rings. The Morgan fingerprint density at radius 1 is 1.33 bits per heavy atom. The van der Waals surface area contributed by atoms with Crippen molar-refractivity contribution >= 4 is 33.7 Å². The molecule has 0 saturated carbocycles. The summed E-state index contributed by atoms with van der Waals surface area (Å²) in [7, 11) is 0. The largest absolute Gasteiger partial charge is 0.327 e. The number of H-pyrrole nitrogens is 1. The van der Waals surface area contributed by atoms with Gasteiger partial charge in [0.05, 0.1) is 6.20 Å². The number of rotatable bonds is 3. The second-order valence-electron chi connectivity index (χ2n) is 3.15. The van der Waals surface area contributed by atoms with Gasteiger partial charge in [0.15, 0.2) is 0 Å². The monoisotopic (exact) mass is 285 g/mol. The van der Waals surface area contributed by atoms with Crippen LogP contribution in [0.4, 0.5) is 5.95 Å². The van der Waals surface area contributed by atoms with Gasteiger partial charge in [-0.15, -0.1) is 0 Å². The van der Waals surface area contributed by atoms with E-state index in [4.69, 9.17) is 11.8 Å². The zero-order valence-electron chi connectivity index (χ0n) is 7.80. The minimum absolute atomic E-state index is 0.573. The van der Waals surface area contributed by atoms with Crippen LogP contribution >= 0.6 is 27.7 Å². The van der Waals surface area contributed by atoms with Crippen molar-refractivity contribution in [3.05, 3.63) is 46.2 Å². The first-order valence-corrected chi connectivity index (χ1v) is 5.60. The molecule has 5 heteroatoms. The van der Waals surface area contributed by atoms with Crippen molar-refractivity contribution in [3.63, 3.8) is 0 Å². The maximum atomic E-state index is 5.41. The molecule has 1 aromatic carbocycles. The fourth-order valence-electron chi connectivity index (χ4n) is 1.32. The Balaban J connectivity index is 2.11. The minimum atomic E-state index is 0.573. The van der Waals surface area contributed by atoms with Crippen LogP contribution < -0.4 is 4.84 Å². The Hall–Kier alpha value is -1.00. The van der Waals surface area contributed by atoms with E-state index in [-0.39, 0.29) is 0 Å². The number of imidazole rings is 1. The van der Waals surface area contributed by atoms with Crippen molar-refractivity contribution in [3.8, 4) is 0 Å². The van der Waals surface area contributed by atoms with Gasteiger partial charge in [0, 0.05) is 28.4 Å². The first kappa shape index (κ1) is 10.5. The lowest BCUT2D eigenvalue weighted by atomic mass is 10.1. The number of nitrogens with zero attached hydrogens (tertiary/aromatic N) is 1. The maximum Gasteiger partial charge on any atom is 0.215 e. The Morgan fingerprint density at radius 2 is 2.07 bits per heavy atom. The van der Waals surface area contributed by atoms with E-state index in [2.05, 4.69) is 42.9 Å². The molecule has 0 aliphatic rings. The van der Waals surface area contributed by atoms with Gasteiger partial charge in [-0.1, -0.05) is 28.1 Å². The smallest absolute Gasteiger partial charge is 0.215 e. The van der Waals surface area contributed by atoms with E-state index >= 15 is 0 Å². The molecule has 1 aromatic heterocycles. The normalized spacial score (nSPS) is 10.3. The molecule has 2 aromatic rings. The quantitative estimate of drug-likeness (QED) is 0.850. The van der Waals surface area contributed by atoms with E-state index in [9.17, 15) is 0 Å². The van der Waals surface area contributed by atoms with Crippen molar-refractivity contribution in [2.75, 3.05) is 4.84 Å². The number of hydrogen-bond acceptors (Lipinski definition) is 2. The summed E-state index contributed by atoms with van der Waals surface area (Å²) in [4.78, 5) is 9.54. The van der Waals surface area contributed by atoms with Crippen LogP contribution in [0, 0.1) is 0 Å². The molecule has 78 valence electrons. The highest BCUT2D eigenvalue weighted by atomic mass is 79.9. The van der Waals surface area contributed by atoms with Crippen LogP contribution in [0.2, 0.25) is 0 Å². The van der Waals surface area contributed by atoms with E-state index in [1.165, 1.54) is 5.56 Å². The summed E-state index contributed by atoms with van der Waals surface area (Å²) in [6.45, 7) is 0. The Morgan fingerprint density at radius 3 is 2.67 bits per heavy atom. The lowest BCUT2D eigenvalue weighted by Crippen LogP contribution is -1.88. The number of aromatic nitrogens is 2. The van der Waals surface area contributed by atoms with Crippen LogP contribution in [0.15, 0.2) is 34.9 Å². The Kier molecular flexibility index (Phi) is 3.28. The van der Waals surface area contributed by atoms with Gasteiger partial charge in [-0.05, 0) is 17.7 Å². The highest BCUT2D eigenvalue weighted by Crippen LogP contribution is 2.14. The summed E-state index contributed by atoms with van der Waals surface area (Å²) >= 11 is 8.81. The molecular formula is C10H9BrClN3. The van der Waals surface area contributed by atoms with Crippen LogP contribution in [0.1, 0.15) is 11.3 Å². The van der Waals surface area contributed by atoms with E-state index < -0.39 is 0 Å². The highest BCUT2D eigenvalue weighted by Gasteiger charge is 2.00. The molecule has 3 nitrogen and oxygen atoms in total. The minimum Gasteiger partial charge on any atom is -0.327 e. The first-order chi connectivity index (χ1) is 7.28. The van der Waals surface area contributed by atoms with Crippen molar-refractivity contribution in [2.45, 2.75) is 6.42 Å². The molecule has 1 heterocycles. The third-order valence-corrected chi connectivity index (χ3v) is 2.73. The summed E-state index contributed by atoms with van der Waals surface area (Å²) in [5.41, 5.74) is 2.25. The van der Waals surface area contributed by atoms with Crippen LogP contribution in [0.25, 0.3) is 0 Å². The van der Waals surface area contributed by atoms with E-state index in [0.29, 0.717) is 5.95 Å². The molecule has 0 radical (unpaired) electrons. The van der Waals surface area contributed by atoms with E-state index in [1.54, 1.807) is 6.20 Å². The van der Waals surface area contributed by atoms with Crippen molar-refractivity contribution in [1.82, 2.24) is 9.97 Å². The molecule has 0 saturated heterocycles. The highest BCUT2D eigenvalue weighted by molar-refractivity contribution is 9.10. The van der Waals surface area contributed by atoms with Gasteiger partial charge in [-0.2, -0.15) is 0 Å². The average Bonchev–Trinajstić information content (AvgIpc) is 2.69. The van der Waals surface area contributed by atoms with Gasteiger partial charge in [-0.25, -0.2) is 4.98 Å². The standard InChI is InChI=1S/C10H9BrClN3/c11-8-3-1-7(2-4-8)5-9-6-13-10(14-9)15-12/h1-4,6H,5H2,(H2,13,14,15). The lowest BCUT2D eigenvalue weighted by Gasteiger charge is -1.98. The molecule has 0 spiro atoms. The molecule has 0 aliphatic carbocycles. The predicted molar refractivity (Wildman–Crippen MR) is 65.0 cm³/mol. The zero-order valence-corrected chi connectivity index (χ0v) is 10.1. The molecule has 0 amide bonds. The zero-order chi connectivity index (χ0) is 10.7. The molecule has 0 unspecified atom stereocenters. The van der Waals surface area contributed by atoms with Crippen molar-refractivity contribution < 1.29 is 0 Å². The topological polar surface area (TPSA) is 40.7 Å². The van der Waals surface area contributed by atoms with Crippen molar-refractivity contribution in [2.24, 2.45) is 0 Å². The summed E-state index contributed by atoms with van der Waals surface area (Å²) in [6, 6.07) is 8.18. The summed E-state index contributed by atoms with van der Waals surface area (Å²) < 4.78 is 1.08. The second kappa shape index (κ2) is 4.68. The van der Waals surface area contributed by atoms with E-state index in [1.807, 2.05) is 12.1 Å². The molecule has 15 heavy (non-hydrogen) atoms. The van der Waals surface area contributed by atoms with Gasteiger partial charge in [0.25, 0.3) is 0 Å².